The third-order valence-electron chi connectivity index (χ3n) is 4.13. The first-order valence-electron chi connectivity index (χ1n) is 8.07. The van der Waals surface area contributed by atoms with E-state index in [1.54, 1.807) is 0 Å². The fourth-order valence-corrected chi connectivity index (χ4v) is 3.09. The van der Waals surface area contributed by atoms with Gasteiger partial charge in [0.25, 0.3) is 5.91 Å². The Morgan fingerprint density at radius 2 is 1.79 bits per heavy atom. The maximum Gasteiger partial charge on any atom is 0.326 e. The molecule has 1 aromatic carbocycles. The van der Waals surface area contributed by atoms with Crippen molar-refractivity contribution in [3.63, 3.8) is 0 Å². The van der Waals surface area contributed by atoms with Crippen LogP contribution < -0.4 is 5.32 Å². The van der Waals surface area contributed by atoms with Gasteiger partial charge in [0.2, 0.25) is 0 Å². The molecule has 0 saturated heterocycles. The standard InChI is InChI=1S/C19H24N2O3/c1-12(2)21-13(3)10-16(14(21)4)18(22)20-17(19(23)24)11-15-8-6-5-7-9-15/h5-10,12,17H,11H2,1-4H3,(H,20,22)(H,23,24)/t17-/m1/s1. The maximum atomic E-state index is 12.6. The number of benzene rings is 1. The average Bonchev–Trinajstić information content (AvgIpc) is 2.82. The molecule has 5 heteroatoms. The van der Waals surface area contributed by atoms with Crippen molar-refractivity contribution in [2.75, 3.05) is 0 Å². The highest BCUT2D eigenvalue weighted by Gasteiger charge is 2.24. The molecule has 1 heterocycles. The van der Waals surface area contributed by atoms with Crippen molar-refractivity contribution in [2.24, 2.45) is 0 Å². The first-order chi connectivity index (χ1) is 11.3. The largest absolute Gasteiger partial charge is 0.480 e. The van der Waals surface area contributed by atoms with E-state index in [2.05, 4.69) is 23.7 Å². The molecule has 2 N–H and O–H groups in total. The number of hydrogen-bond acceptors (Lipinski definition) is 2. The molecule has 0 unspecified atom stereocenters. The van der Waals surface area contributed by atoms with Crippen LogP contribution >= 0.6 is 0 Å². The Hall–Kier alpha value is -2.56. The summed E-state index contributed by atoms with van der Waals surface area (Å²) < 4.78 is 2.07. The summed E-state index contributed by atoms with van der Waals surface area (Å²) in [5.41, 5.74) is 3.24. The van der Waals surface area contributed by atoms with Crippen molar-refractivity contribution in [3.8, 4) is 0 Å². The third kappa shape index (κ3) is 3.85. The highest BCUT2D eigenvalue weighted by molar-refractivity contribution is 5.98. The Labute approximate surface area is 142 Å². The van der Waals surface area contributed by atoms with E-state index in [4.69, 9.17) is 0 Å². The van der Waals surface area contributed by atoms with E-state index < -0.39 is 12.0 Å². The second-order valence-corrected chi connectivity index (χ2v) is 6.30. The van der Waals surface area contributed by atoms with Crippen molar-refractivity contribution in [1.29, 1.82) is 0 Å². The van der Waals surface area contributed by atoms with Gasteiger partial charge >= 0.3 is 5.97 Å². The molecule has 0 aliphatic rings. The van der Waals surface area contributed by atoms with Crippen LogP contribution in [0.15, 0.2) is 36.4 Å². The first-order valence-corrected chi connectivity index (χ1v) is 8.07. The van der Waals surface area contributed by atoms with E-state index in [-0.39, 0.29) is 18.4 Å². The Morgan fingerprint density at radius 3 is 2.29 bits per heavy atom. The van der Waals surface area contributed by atoms with Crippen LogP contribution in [0.4, 0.5) is 0 Å². The van der Waals surface area contributed by atoms with Gasteiger partial charge in [-0.3, -0.25) is 4.79 Å². The van der Waals surface area contributed by atoms with Gasteiger partial charge in [0.1, 0.15) is 6.04 Å². The third-order valence-corrected chi connectivity index (χ3v) is 4.13. The molecule has 128 valence electrons. The molecule has 0 fully saturated rings. The van der Waals surface area contributed by atoms with Gasteiger partial charge in [-0.25, -0.2) is 4.79 Å². The van der Waals surface area contributed by atoms with Gasteiger partial charge in [0.15, 0.2) is 0 Å². The quantitative estimate of drug-likeness (QED) is 0.856. The lowest BCUT2D eigenvalue weighted by Crippen LogP contribution is -2.42. The van der Waals surface area contributed by atoms with Gasteiger partial charge in [-0.15, -0.1) is 0 Å². The number of hydrogen-bond donors (Lipinski definition) is 2. The van der Waals surface area contributed by atoms with Crippen molar-refractivity contribution >= 4 is 11.9 Å². The van der Waals surface area contributed by atoms with Gasteiger partial charge < -0.3 is 15.0 Å². The summed E-state index contributed by atoms with van der Waals surface area (Å²) in [7, 11) is 0. The molecule has 2 rings (SSSR count). The van der Waals surface area contributed by atoms with Gasteiger partial charge in [-0.1, -0.05) is 30.3 Å². The molecule has 0 saturated carbocycles. The zero-order valence-corrected chi connectivity index (χ0v) is 14.5. The Bertz CT molecular complexity index is 733. The van der Waals surface area contributed by atoms with Gasteiger partial charge in [-0.2, -0.15) is 0 Å². The van der Waals surface area contributed by atoms with Crippen LogP contribution in [-0.4, -0.2) is 27.6 Å². The fraction of sp³-hybridized carbons (Fsp3) is 0.368. The molecule has 1 aromatic heterocycles. The highest BCUT2D eigenvalue weighted by atomic mass is 16.4. The zero-order valence-electron chi connectivity index (χ0n) is 14.5. The molecule has 24 heavy (non-hydrogen) atoms. The molecule has 0 aliphatic carbocycles. The predicted molar refractivity (Wildman–Crippen MR) is 93.3 cm³/mol. The molecular weight excluding hydrogens is 304 g/mol. The van der Waals surface area contributed by atoms with E-state index in [1.165, 1.54) is 0 Å². The molecule has 0 bridgehead atoms. The minimum absolute atomic E-state index is 0.242. The zero-order chi connectivity index (χ0) is 17.9. The lowest BCUT2D eigenvalue weighted by molar-refractivity contribution is -0.139. The predicted octanol–water partition coefficient (Wildman–Crippen LogP) is 3.11. The summed E-state index contributed by atoms with van der Waals surface area (Å²) in [5.74, 6) is -1.39. The van der Waals surface area contributed by atoms with E-state index in [1.807, 2.05) is 50.2 Å². The number of aromatic nitrogens is 1. The molecule has 2 aromatic rings. The van der Waals surface area contributed by atoms with Crippen LogP contribution in [0.25, 0.3) is 0 Å². The smallest absolute Gasteiger partial charge is 0.326 e. The molecular formula is C19H24N2O3. The number of nitrogens with one attached hydrogen (secondary N) is 1. The van der Waals surface area contributed by atoms with Crippen molar-refractivity contribution in [2.45, 2.75) is 46.2 Å². The number of carboxylic acid groups (broad SMARTS) is 1. The number of rotatable bonds is 6. The summed E-state index contributed by atoms with van der Waals surface area (Å²) in [4.78, 5) is 24.1. The first kappa shape index (κ1) is 17.8. The normalized spacial score (nSPS) is 12.2. The number of amides is 1. The maximum absolute atomic E-state index is 12.6. The van der Waals surface area contributed by atoms with E-state index in [9.17, 15) is 14.7 Å². The second kappa shape index (κ2) is 7.34. The van der Waals surface area contributed by atoms with Crippen LogP contribution in [0.1, 0.15) is 47.2 Å². The van der Waals surface area contributed by atoms with Crippen LogP contribution in [0, 0.1) is 13.8 Å². The number of aliphatic carboxylic acids is 1. The molecule has 0 aliphatic heterocycles. The van der Waals surface area contributed by atoms with E-state index in [0.29, 0.717) is 5.56 Å². The summed E-state index contributed by atoms with van der Waals surface area (Å²) in [6.07, 6.45) is 0.255. The van der Waals surface area contributed by atoms with Crippen LogP contribution in [0.5, 0.6) is 0 Å². The van der Waals surface area contributed by atoms with Crippen LogP contribution in [-0.2, 0) is 11.2 Å². The Morgan fingerprint density at radius 1 is 1.17 bits per heavy atom. The number of carbonyl (C=O) groups is 2. The van der Waals surface area contributed by atoms with Crippen LogP contribution in [0.2, 0.25) is 0 Å². The number of carbonyl (C=O) groups excluding carboxylic acids is 1. The molecule has 1 atom stereocenters. The molecule has 0 radical (unpaired) electrons. The fourth-order valence-electron chi connectivity index (χ4n) is 3.09. The van der Waals surface area contributed by atoms with E-state index >= 15 is 0 Å². The number of carboxylic acids is 1. The van der Waals surface area contributed by atoms with Crippen molar-refractivity contribution in [1.82, 2.24) is 9.88 Å². The minimum Gasteiger partial charge on any atom is -0.480 e. The Balaban J connectivity index is 2.20. The van der Waals surface area contributed by atoms with E-state index in [0.717, 1.165) is 17.0 Å². The molecule has 5 nitrogen and oxygen atoms in total. The minimum atomic E-state index is -1.04. The summed E-state index contributed by atoms with van der Waals surface area (Å²) in [5, 5.41) is 12.1. The van der Waals surface area contributed by atoms with Gasteiger partial charge in [-0.05, 0) is 39.3 Å². The number of aryl methyl sites for hydroxylation is 1. The van der Waals surface area contributed by atoms with Gasteiger partial charge in [0.05, 0.1) is 5.56 Å². The number of nitrogens with zero attached hydrogens (tertiary/aromatic N) is 1. The van der Waals surface area contributed by atoms with Gasteiger partial charge in [0, 0.05) is 23.9 Å². The van der Waals surface area contributed by atoms with Crippen LogP contribution in [0.3, 0.4) is 0 Å². The summed E-state index contributed by atoms with van der Waals surface area (Å²) in [6, 6.07) is 10.4. The van der Waals surface area contributed by atoms with Crippen molar-refractivity contribution < 1.29 is 14.7 Å². The summed E-state index contributed by atoms with van der Waals surface area (Å²) >= 11 is 0. The topological polar surface area (TPSA) is 71.3 Å². The summed E-state index contributed by atoms with van der Waals surface area (Å²) in [6.45, 7) is 7.94. The lowest BCUT2D eigenvalue weighted by atomic mass is 10.1. The second-order valence-electron chi connectivity index (χ2n) is 6.30. The Kier molecular flexibility index (Phi) is 5.44. The van der Waals surface area contributed by atoms with Crippen molar-refractivity contribution in [3.05, 3.63) is 58.9 Å². The SMILES string of the molecule is Cc1cc(C(=O)N[C@H](Cc2ccccc2)C(=O)O)c(C)n1C(C)C. The highest BCUT2D eigenvalue weighted by Crippen LogP contribution is 2.20. The average molecular weight is 328 g/mol. The lowest BCUT2D eigenvalue weighted by Gasteiger charge is -2.16. The molecule has 1 amide bonds. The monoisotopic (exact) mass is 328 g/mol. The molecule has 0 spiro atoms.